The lowest BCUT2D eigenvalue weighted by Gasteiger charge is -2.45. The molecular formula is C34H28N4O3. The van der Waals surface area contributed by atoms with Gasteiger partial charge in [-0.25, -0.2) is 9.78 Å². The third-order valence-electron chi connectivity index (χ3n) is 7.54. The lowest BCUT2D eigenvalue weighted by molar-refractivity contribution is 0.0695. The fraction of sp³-hybridized carbons (Fsp3) is 0.0882. The van der Waals surface area contributed by atoms with Crippen LogP contribution in [-0.4, -0.2) is 25.6 Å². The quantitative estimate of drug-likeness (QED) is 0.233. The molecule has 0 amide bonds. The highest BCUT2D eigenvalue weighted by Gasteiger charge is 2.43. The Bertz CT molecular complexity index is 1770. The molecule has 7 heteroatoms. The standard InChI is InChI=1S/C34H28N4O3/c1-37-23-29(32(40)41)31(39)28-18-17-24(21-30(28)37)22-38(33-35-19-20-36-33)34(25-11-5-2-6-12-25,26-13-7-3-8-14-26)27-15-9-4-10-16-27/h2-21,23H,22H2,1H3,(H,35,36)(H,40,41). The van der Waals surface area contributed by atoms with Crippen LogP contribution in [0, 0.1) is 0 Å². The van der Waals surface area contributed by atoms with Gasteiger partial charge >= 0.3 is 5.97 Å². The molecule has 0 spiro atoms. The monoisotopic (exact) mass is 540 g/mol. The van der Waals surface area contributed by atoms with Gasteiger partial charge in [-0.3, -0.25) is 4.79 Å². The number of H-pyrrole nitrogens is 1. The maximum atomic E-state index is 12.9. The van der Waals surface area contributed by atoms with Crippen LogP contribution < -0.4 is 10.3 Å². The van der Waals surface area contributed by atoms with Crippen molar-refractivity contribution in [2.45, 2.75) is 12.1 Å². The average Bonchev–Trinajstić information content (AvgIpc) is 3.55. The maximum absolute atomic E-state index is 12.9. The molecule has 4 aromatic carbocycles. The van der Waals surface area contributed by atoms with Gasteiger partial charge in [0.05, 0.1) is 5.52 Å². The summed E-state index contributed by atoms with van der Waals surface area (Å²) in [6, 6.07) is 36.6. The van der Waals surface area contributed by atoms with Crippen molar-refractivity contribution >= 4 is 22.8 Å². The highest BCUT2D eigenvalue weighted by atomic mass is 16.4. The Morgan fingerprint density at radius 1 is 0.878 bits per heavy atom. The van der Waals surface area contributed by atoms with Crippen LogP contribution >= 0.6 is 0 Å². The summed E-state index contributed by atoms with van der Waals surface area (Å²) in [6.45, 7) is 0.428. The second-order valence-corrected chi connectivity index (χ2v) is 9.95. The number of aryl methyl sites for hydroxylation is 1. The smallest absolute Gasteiger partial charge is 0.341 e. The summed E-state index contributed by atoms with van der Waals surface area (Å²) in [6.07, 6.45) is 4.93. The summed E-state index contributed by atoms with van der Waals surface area (Å²) in [5.74, 6) is -0.560. The summed E-state index contributed by atoms with van der Waals surface area (Å²) >= 11 is 0. The van der Waals surface area contributed by atoms with E-state index in [4.69, 9.17) is 4.98 Å². The van der Waals surface area contributed by atoms with Crippen LogP contribution in [0.5, 0.6) is 0 Å². The van der Waals surface area contributed by atoms with Crippen LogP contribution in [0.3, 0.4) is 0 Å². The van der Waals surface area contributed by atoms with Crippen molar-refractivity contribution in [1.29, 1.82) is 0 Å². The first-order chi connectivity index (χ1) is 20.0. The Morgan fingerprint density at radius 2 is 1.44 bits per heavy atom. The van der Waals surface area contributed by atoms with Crippen molar-refractivity contribution in [3.63, 3.8) is 0 Å². The SMILES string of the molecule is Cn1cc(C(=O)O)c(=O)c2ccc(CN(c3ncc[nH]3)C(c3ccccc3)(c3ccccc3)c3ccccc3)cc21. The minimum Gasteiger partial charge on any atom is -0.477 e. The van der Waals surface area contributed by atoms with Crippen LogP contribution in [0.25, 0.3) is 10.9 Å². The number of hydrogen-bond donors (Lipinski definition) is 2. The Labute approximate surface area is 237 Å². The first-order valence-electron chi connectivity index (χ1n) is 13.3. The van der Waals surface area contributed by atoms with E-state index in [0.717, 1.165) is 22.3 Å². The number of anilines is 1. The van der Waals surface area contributed by atoms with Crippen molar-refractivity contribution in [1.82, 2.24) is 14.5 Å². The maximum Gasteiger partial charge on any atom is 0.341 e. The largest absolute Gasteiger partial charge is 0.477 e. The van der Waals surface area contributed by atoms with Gasteiger partial charge in [-0.05, 0) is 34.4 Å². The second-order valence-electron chi connectivity index (χ2n) is 9.95. The van der Waals surface area contributed by atoms with Gasteiger partial charge in [-0.15, -0.1) is 0 Å². The number of pyridine rings is 1. The molecule has 0 atom stereocenters. The molecule has 6 aromatic rings. The molecule has 0 aliphatic heterocycles. The normalized spacial score (nSPS) is 11.4. The van der Waals surface area contributed by atoms with E-state index in [1.165, 1.54) is 6.20 Å². The third kappa shape index (κ3) is 4.47. The van der Waals surface area contributed by atoms with Crippen molar-refractivity contribution in [2.24, 2.45) is 7.05 Å². The number of carbonyl (C=O) groups is 1. The molecule has 0 fully saturated rings. The molecule has 0 unspecified atom stereocenters. The van der Waals surface area contributed by atoms with E-state index < -0.39 is 16.9 Å². The molecule has 0 saturated carbocycles. The number of imidazole rings is 1. The van der Waals surface area contributed by atoms with Crippen LogP contribution in [-0.2, 0) is 19.1 Å². The molecule has 7 nitrogen and oxygen atoms in total. The summed E-state index contributed by atoms with van der Waals surface area (Å²) in [4.78, 5) is 34.9. The average molecular weight is 541 g/mol. The first-order valence-corrected chi connectivity index (χ1v) is 13.3. The van der Waals surface area contributed by atoms with E-state index in [1.54, 1.807) is 23.9 Å². The molecular weight excluding hydrogens is 512 g/mol. The molecule has 6 rings (SSSR count). The Hall–Kier alpha value is -5.43. The minimum atomic E-state index is -1.24. The number of fused-ring (bicyclic) bond motifs is 1. The number of aromatic amines is 1. The van der Waals surface area contributed by atoms with Gasteiger partial charge in [0.25, 0.3) is 0 Å². The lowest BCUT2D eigenvalue weighted by Crippen LogP contribution is -2.48. The van der Waals surface area contributed by atoms with Gasteiger partial charge in [0.15, 0.2) is 0 Å². The molecule has 2 heterocycles. The molecule has 0 aliphatic carbocycles. The lowest BCUT2D eigenvalue weighted by atomic mass is 9.75. The van der Waals surface area contributed by atoms with E-state index >= 15 is 0 Å². The van der Waals surface area contributed by atoms with Gasteiger partial charge in [-0.2, -0.15) is 0 Å². The summed E-state index contributed by atoms with van der Waals surface area (Å²) in [7, 11) is 1.75. The van der Waals surface area contributed by atoms with Crippen molar-refractivity contribution in [3.05, 3.63) is 166 Å². The van der Waals surface area contributed by atoms with Crippen molar-refractivity contribution in [3.8, 4) is 0 Å². The van der Waals surface area contributed by atoms with Crippen molar-refractivity contribution < 1.29 is 9.90 Å². The topological polar surface area (TPSA) is 91.2 Å². The number of nitrogens with zero attached hydrogens (tertiary/aromatic N) is 3. The predicted octanol–water partition coefficient (Wildman–Crippen LogP) is 5.96. The Kier molecular flexibility index (Phi) is 6.69. The van der Waals surface area contributed by atoms with E-state index in [-0.39, 0.29) is 5.56 Å². The zero-order valence-electron chi connectivity index (χ0n) is 22.4. The van der Waals surface area contributed by atoms with E-state index in [2.05, 4.69) is 46.3 Å². The number of benzene rings is 4. The molecule has 2 N–H and O–H groups in total. The van der Waals surface area contributed by atoms with Crippen LogP contribution in [0.1, 0.15) is 32.6 Å². The molecule has 202 valence electrons. The van der Waals surface area contributed by atoms with Gasteiger partial charge in [0, 0.05) is 37.6 Å². The van der Waals surface area contributed by atoms with E-state index in [1.807, 2.05) is 72.9 Å². The molecule has 0 saturated heterocycles. The van der Waals surface area contributed by atoms with E-state index in [0.29, 0.717) is 23.4 Å². The molecule has 0 aliphatic rings. The van der Waals surface area contributed by atoms with Gasteiger partial charge in [-0.1, -0.05) is 97.1 Å². The summed E-state index contributed by atoms with van der Waals surface area (Å²) in [5, 5.41) is 9.87. The Morgan fingerprint density at radius 3 is 1.93 bits per heavy atom. The van der Waals surface area contributed by atoms with Gasteiger partial charge in [0.2, 0.25) is 11.4 Å². The molecule has 41 heavy (non-hydrogen) atoms. The number of rotatable bonds is 8. The number of aromatic carboxylic acids is 1. The molecule has 0 bridgehead atoms. The number of hydrogen-bond acceptors (Lipinski definition) is 4. The number of carboxylic acids is 1. The summed E-state index contributed by atoms with van der Waals surface area (Å²) in [5.41, 5.74) is 3.25. The minimum absolute atomic E-state index is 0.249. The third-order valence-corrected chi connectivity index (χ3v) is 7.54. The molecule has 2 aromatic heterocycles. The number of nitrogens with one attached hydrogen (secondary N) is 1. The second kappa shape index (κ2) is 10.6. The van der Waals surface area contributed by atoms with Gasteiger partial charge in [0.1, 0.15) is 11.1 Å². The van der Waals surface area contributed by atoms with Crippen LogP contribution in [0.15, 0.2) is 133 Å². The zero-order chi connectivity index (χ0) is 28.4. The Balaban J connectivity index is 1.62. The van der Waals surface area contributed by atoms with Crippen LogP contribution in [0.4, 0.5) is 5.95 Å². The fourth-order valence-corrected chi connectivity index (χ4v) is 5.72. The summed E-state index contributed by atoms with van der Waals surface area (Å²) < 4.78 is 1.69. The predicted molar refractivity (Wildman–Crippen MR) is 160 cm³/mol. The highest BCUT2D eigenvalue weighted by molar-refractivity contribution is 5.92. The number of carboxylic acid groups (broad SMARTS) is 1. The van der Waals surface area contributed by atoms with Gasteiger partial charge < -0.3 is 19.6 Å². The fourth-order valence-electron chi connectivity index (χ4n) is 5.72. The van der Waals surface area contributed by atoms with Crippen molar-refractivity contribution in [2.75, 3.05) is 4.90 Å². The highest BCUT2D eigenvalue weighted by Crippen LogP contribution is 2.44. The van der Waals surface area contributed by atoms with E-state index in [9.17, 15) is 14.7 Å². The number of aromatic nitrogens is 3. The first kappa shape index (κ1) is 25.8. The zero-order valence-corrected chi connectivity index (χ0v) is 22.4. The molecule has 0 radical (unpaired) electrons. The van der Waals surface area contributed by atoms with Crippen LogP contribution in [0.2, 0.25) is 0 Å².